The van der Waals surface area contributed by atoms with Crippen molar-refractivity contribution in [3.8, 4) is 17.2 Å². The Hall–Kier alpha value is -3.29. The summed E-state index contributed by atoms with van der Waals surface area (Å²) < 4.78 is 15.6. The van der Waals surface area contributed by atoms with Crippen LogP contribution in [-0.4, -0.2) is 32.2 Å². The van der Waals surface area contributed by atoms with Gasteiger partial charge in [0.05, 0.1) is 26.3 Å². The molecular formula is C17H18N2O6. The lowest BCUT2D eigenvalue weighted by atomic mass is 10.1. The van der Waals surface area contributed by atoms with Gasteiger partial charge in [-0.25, -0.2) is 0 Å². The number of methoxy groups -OCH3 is 3. The topological polar surface area (TPSA) is 99.9 Å². The second-order valence-corrected chi connectivity index (χ2v) is 5.09. The predicted molar refractivity (Wildman–Crippen MR) is 91.9 cm³/mol. The van der Waals surface area contributed by atoms with Gasteiger partial charge >= 0.3 is 0 Å². The van der Waals surface area contributed by atoms with Crippen molar-refractivity contribution in [2.75, 3.05) is 26.6 Å². The van der Waals surface area contributed by atoms with Crippen molar-refractivity contribution in [1.29, 1.82) is 0 Å². The number of aryl methyl sites for hydroxylation is 1. The lowest BCUT2D eigenvalue weighted by Crippen LogP contribution is -2.14. The number of para-hydroxylation sites is 1. The van der Waals surface area contributed by atoms with Crippen LogP contribution in [0, 0.1) is 17.0 Å². The van der Waals surface area contributed by atoms with Crippen LogP contribution in [0.25, 0.3) is 0 Å². The van der Waals surface area contributed by atoms with Crippen molar-refractivity contribution in [2.24, 2.45) is 0 Å². The van der Waals surface area contributed by atoms with Crippen LogP contribution in [0.2, 0.25) is 0 Å². The molecule has 0 unspecified atom stereocenters. The molecule has 0 aliphatic rings. The molecule has 0 aliphatic carbocycles. The van der Waals surface area contributed by atoms with E-state index in [4.69, 9.17) is 14.2 Å². The number of amides is 1. The van der Waals surface area contributed by atoms with Crippen molar-refractivity contribution in [2.45, 2.75) is 6.92 Å². The van der Waals surface area contributed by atoms with Crippen LogP contribution in [-0.2, 0) is 0 Å². The molecule has 0 heterocycles. The third-order valence-electron chi connectivity index (χ3n) is 3.61. The van der Waals surface area contributed by atoms with E-state index in [1.165, 1.54) is 39.5 Å². The fraction of sp³-hybridized carbons (Fsp3) is 0.235. The average Bonchev–Trinajstić information content (AvgIpc) is 2.61. The molecule has 132 valence electrons. The Balaban J connectivity index is 2.45. The number of carbonyl (C=O) groups excluding carboxylic acids is 1. The number of ether oxygens (including phenoxy) is 3. The van der Waals surface area contributed by atoms with E-state index in [2.05, 4.69) is 5.32 Å². The van der Waals surface area contributed by atoms with E-state index >= 15 is 0 Å². The molecule has 0 aliphatic heterocycles. The first-order chi connectivity index (χ1) is 11.9. The van der Waals surface area contributed by atoms with E-state index in [0.29, 0.717) is 22.8 Å². The first-order valence-corrected chi connectivity index (χ1v) is 7.28. The number of nitrogens with zero attached hydrogens (tertiary/aromatic N) is 1. The summed E-state index contributed by atoms with van der Waals surface area (Å²) in [6, 6.07) is 7.51. The monoisotopic (exact) mass is 346 g/mol. The van der Waals surface area contributed by atoms with Crippen LogP contribution in [0.5, 0.6) is 17.2 Å². The van der Waals surface area contributed by atoms with Gasteiger partial charge in [-0.15, -0.1) is 0 Å². The average molecular weight is 346 g/mol. The minimum atomic E-state index is -0.544. The molecule has 0 aromatic heterocycles. The van der Waals surface area contributed by atoms with Gasteiger partial charge in [-0.3, -0.25) is 14.9 Å². The van der Waals surface area contributed by atoms with Crippen molar-refractivity contribution >= 4 is 17.3 Å². The summed E-state index contributed by atoms with van der Waals surface area (Å²) in [6.07, 6.45) is 0. The lowest BCUT2D eigenvalue weighted by Gasteiger charge is -2.14. The molecular weight excluding hydrogens is 328 g/mol. The molecule has 0 fully saturated rings. The number of carbonyl (C=O) groups is 1. The quantitative estimate of drug-likeness (QED) is 0.637. The van der Waals surface area contributed by atoms with Gasteiger partial charge in [-0.05, 0) is 24.6 Å². The molecule has 0 bridgehead atoms. The Morgan fingerprint density at radius 2 is 1.68 bits per heavy atom. The summed E-state index contributed by atoms with van der Waals surface area (Å²) in [5.41, 5.74) is 0.758. The molecule has 2 rings (SSSR count). The predicted octanol–water partition coefficient (Wildman–Crippen LogP) is 3.18. The van der Waals surface area contributed by atoms with Crippen molar-refractivity contribution < 1.29 is 23.9 Å². The molecule has 0 saturated carbocycles. The van der Waals surface area contributed by atoms with Crippen LogP contribution in [0.15, 0.2) is 30.3 Å². The number of nitro benzene ring substituents is 1. The highest BCUT2D eigenvalue weighted by Crippen LogP contribution is 2.38. The van der Waals surface area contributed by atoms with Gasteiger partial charge in [0.15, 0.2) is 11.5 Å². The van der Waals surface area contributed by atoms with Gasteiger partial charge < -0.3 is 19.5 Å². The minimum absolute atomic E-state index is 0.145. The normalized spacial score (nSPS) is 10.1. The zero-order valence-electron chi connectivity index (χ0n) is 14.3. The molecule has 1 amide bonds. The summed E-state index contributed by atoms with van der Waals surface area (Å²) in [5, 5.41) is 13.8. The summed E-state index contributed by atoms with van der Waals surface area (Å²) >= 11 is 0. The summed E-state index contributed by atoms with van der Waals surface area (Å²) in [6.45, 7) is 1.68. The first kappa shape index (κ1) is 18.1. The summed E-state index contributed by atoms with van der Waals surface area (Å²) in [5.74, 6) is 0.442. The maximum Gasteiger partial charge on any atom is 0.293 e. The Bertz CT molecular complexity index is 794. The molecule has 2 aromatic rings. The number of rotatable bonds is 6. The standard InChI is InChI=1S/C17H18N2O6/c1-10-6-5-7-12(19(21)22)15(10)18-17(20)11-8-13(23-2)16(25-4)14(9-11)24-3/h5-9H,1-4H3,(H,18,20). The molecule has 0 saturated heterocycles. The molecule has 2 aromatic carbocycles. The second-order valence-electron chi connectivity index (χ2n) is 5.09. The maximum absolute atomic E-state index is 12.6. The molecule has 25 heavy (non-hydrogen) atoms. The highest BCUT2D eigenvalue weighted by atomic mass is 16.6. The van der Waals surface area contributed by atoms with Crippen molar-refractivity contribution in [1.82, 2.24) is 0 Å². The van der Waals surface area contributed by atoms with E-state index in [-0.39, 0.29) is 16.9 Å². The van der Waals surface area contributed by atoms with Crippen LogP contribution in [0.3, 0.4) is 0 Å². The van der Waals surface area contributed by atoms with Crippen molar-refractivity contribution in [3.63, 3.8) is 0 Å². The van der Waals surface area contributed by atoms with E-state index in [0.717, 1.165) is 0 Å². The Morgan fingerprint density at radius 3 is 2.16 bits per heavy atom. The van der Waals surface area contributed by atoms with Gasteiger partial charge in [0.1, 0.15) is 5.69 Å². The van der Waals surface area contributed by atoms with E-state index in [1.54, 1.807) is 19.1 Å². The molecule has 8 nitrogen and oxygen atoms in total. The van der Waals surface area contributed by atoms with E-state index < -0.39 is 10.8 Å². The van der Waals surface area contributed by atoms with Crippen LogP contribution >= 0.6 is 0 Å². The third-order valence-corrected chi connectivity index (χ3v) is 3.61. The highest BCUT2D eigenvalue weighted by Gasteiger charge is 2.21. The lowest BCUT2D eigenvalue weighted by molar-refractivity contribution is -0.383. The van der Waals surface area contributed by atoms with Gasteiger partial charge in [0, 0.05) is 11.6 Å². The zero-order valence-corrected chi connectivity index (χ0v) is 14.3. The zero-order chi connectivity index (χ0) is 18.6. The molecule has 8 heteroatoms. The highest BCUT2D eigenvalue weighted by molar-refractivity contribution is 6.06. The summed E-state index contributed by atoms with van der Waals surface area (Å²) in [7, 11) is 4.33. The van der Waals surface area contributed by atoms with Gasteiger partial charge in [0.2, 0.25) is 5.75 Å². The fourth-order valence-electron chi connectivity index (χ4n) is 2.36. The number of benzene rings is 2. The van der Waals surface area contributed by atoms with Crippen LogP contribution in [0.1, 0.15) is 15.9 Å². The SMILES string of the molecule is COc1cc(C(=O)Nc2c(C)cccc2[N+](=O)[O-])cc(OC)c1OC. The van der Waals surface area contributed by atoms with Crippen LogP contribution in [0.4, 0.5) is 11.4 Å². The Kier molecular flexibility index (Phi) is 5.43. The van der Waals surface area contributed by atoms with Crippen molar-refractivity contribution in [3.05, 3.63) is 51.6 Å². The maximum atomic E-state index is 12.6. The minimum Gasteiger partial charge on any atom is -0.493 e. The first-order valence-electron chi connectivity index (χ1n) is 7.28. The molecule has 1 N–H and O–H groups in total. The number of hydrogen-bond donors (Lipinski definition) is 1. The Labute approximate surface area is 144 Å². The van der Waals surface area contributed by atoms with E-state index in [9.17, 15) is 14.9 Å². The largest absolute Gasteiger partial charge is 0.493 e. The number of hydrogen-bond acceptors (Lipinski definition) is 6. The number of nitrogens with one attached hydrogen (secondary N) is 1. The molecule has 0 atom stereocenters. The van der Waals surface area contributed by atoms with Gasteiger partial charge in [0.25, 0.3) is 11.6 Å². The van der Waals surface area contributed by atoms with Gasteiger partial charge in [-0.1, -0.05) is 12.1 Å². The smallest absolute Gasteiger partial charge is 0.293 e. The molecule has 0 radical (unpaired) electrons. The fourth-order valence-corrected chi connectivity index (χ4v) is 2.36. The van der Waals surface area contributed by atoms with E-state index in [1.807, 2.05) is 0 Å². The summed E-state index contributed by atoms with van der Waals surface area (Å²) in [4.78, 5) is 23.2. The molecule has 0 spiro atoms. The van der Waals surface area contributed by atoms with Gasteiger partial charge in [-0.2, -0.15) is 0 Å². The number of nitro groups is 1. The third kappa shape index (κ3) is 3.63. The second kappa shape index (κ2) is 7.52. The van der Waals surface area contributed by atoms with Crippen LogP contribution < -0.4 is 19.5 Å². The Morgan fingerprint density at radius 1 is 1.08 bits per heavy atom. The number of anilines is 1.